The van der Waals surface area contributed by atoms with Crippen molar-refractivity contribution in [2.24, 2.45) is 0 Å². The number of phosphoric ester groups is 1. The number of aromatic nitrogens is 3. The summed E-state index contributed by atoms with van der Waals surface area (Å²) in [5.74, 6) is 0.242. The number of phosphoric acid groups is 1. The lowest BCUT2D eigenvalue weighted by molar-refractivity contribution is -0.128. The topological polar surface area (TPSA) is 180 Å². The number of nitrogens with two attached hydrogens (primary N) is 1. The van der Waals surface area contributed by atoms with Gasteiger partial charge in [0.25, 0.3) is 0 Å². The second kappa shape index (κ2) is 20.8. The predicted molar refractivity (Wildman–Crippen MR) is 211 cm³/mol. The average molecular weight is 789 g/mol. The fraction of sp³-hybridized carbons (Fsp3) is 0.707. The summed E-state index contributed by atoms with van der Waals surface area (Å²) in [6.07, 6.45) is 17.0. The minimum atomic E-state index is -4.74. The number of fused-ring (bicyclic) bond motifs is 2. The van der Waals surface area contributed by atoms with Crippen LogP contribution in [0.3, 0.4) is 0 Å². The third-order valence-corrected chi connectivity index (χ3v) is 12.2. The van der Waals surface area contributed by atoms with Gasteiger partial charge in [-0.05, 0) is 38.0 Å². The van der Waals surface area contributed by atoms with E-state index in [9.17, 15) is 19.7 Å². The number of nitrogens with zero attached hydrogens (tertiary/aromatic N) is 3. The largest absolute Gasteiger partial charge is 0.472 e. The molecule has 2 fully saturated rings. The zero-order chi connectivity index (χ0) is 39.3. The Labute approximate surface area is 326 Å². The molecule has 5 N–H and O–H groups in total. The Bertz CT molecular complexity index is 1630. The van der Waals surface area contributed by atoms with Gasteiger partial charge >= 0.3 is 7.82 Å². The van der Waals surface area contributed by atoms with Crippen LogP contribution in [0.1, 0.15) is 135 Å². The Kier molecular flexibility index (Phi) is 16.5. The van der Waals surface area contributed by atoms with Gasteiger partial charge in [0.15, 0.2) is 11.4 Å². The molecule has 1 aliphatic carbocycles. The van der Waals surface area contributed by atoms with Crippen molar-refractivity contribution in [2.45, 2.75) is 172 Å². The van der Waals surface area contributed by atoms with E-state index in [0.717, 1.165) is 18.4 Å². The fourth-order valence-corrected chi connectivity index (χ4v) is 8.66. The van der Waals surface area contributed by atoms with Gasteiger partial charge in [0.1, 0.15) is 41.9 Å². The molecule has 0 spiro atoms. The van der Waals surface area contributed by atoms with Crippen molar-refractivity contribution in [3.8, 4) is 0 Å². The predicted octanol–water partition coefficient (Wildman–Crippen LogP) is 7.79. The van der Waals surface area contributed by atoms with Crippen LogP contribution in [0.4, 0.5) is 5.82 Å². The quantitative estimate of drug-likeness (QED) is 0.0415. The molecule has 308 valence electrons. The van der Waals surface area contributed by atoms with Crippen LogP contribution in [-0.2, 0) is 40.0 Å². The van der Waals surface area contributed by atoms with Crippen LogP contribution in [0.2, 0.25) is 0 Å². The van der Waals surface area contributed by atoms with Gasteiger partial charge in [0, 0.05) is 6.61 Å². The summed E-state index contributed by atoms with van der Waals surface area (Å²) in [6, 6.07) is 13.0. The van der Waals surface area contributed by atoms with Crippen LogP contribution >= 0.6 is 7.82 Å². The molecule has 3 heterocycles. The van der Waals surface area contributed by atoms with Crippen LogP contribution in [0.25, 0.3) is 5.52 Å². The number of anilines is 1. The van der Waals surface area contributed by atoms with Crippen molar-refractivity contribution in [1.82, 2.24) is 14.6 Å². The molecule has 0 amide bonds. The summed E-state index contributed by atoms with van der Waals surface area (Å²) < 4.78 is 43.9. The van der Waals surface area contributed by atoms with E-state index in [1.54, 1.807) is 19.1 Å². The summed E-state index contributed by atoms with van der Waals surface area (Å²) in [4.78, 5) is 14.7. The highest BCUT2D eigenvalue weighted by Gasteiger charge is 2.82. The number of aliphatic hydroxyl groups excluding tert-OH is 1. The number of unbranched alkanes of at least 4 members (excludes halogenated alkanes) is 15. The number of benzene rings is 1. The number of ether oxygens (including phenoxy) is 3. The van der Waals surface area contributed by atoms with Crippen molar-refractivity contribution in [1.29, 1.82) is 0 Å². The molecule has 0 radical (unpaired) electrons. The van der Waals surface area contributed by atoms with E-state index in [0.29, 0.717) is 17.8 Å². The van der Waals surface area contributed by atoms with Gasteiger partial charge in [-0.25, -0.2) is 14.1 Å². The maximum atomic E-state index is 13.2. The number of hydrogen-bond acceptors (Lipinski definition) is 11. The molecule has 2 aromatic heterocycles. The highest BCUT2D eigenvalue weighted by atomic mass is 31.2. The zero-order valence-corrected chi connectivity index (χ0v) is 34.0. The Balaban J connectivity index is 1.01. The molecule has 8 atom stereocenters. The third kappa shape index (κ3) is 11.6. The molecule has 1 aliphatic heterocycles. The van der Waals surface area contributed by atoms with E-state index in [-0.39, 0.29) is 19.0 Å². The maximum absolute atomic E-state index is 13.2. The maximum Gasteiger partial charge on any atom is 0.472 e. The second-order valence-electron chi connectivity index (χ2n) is 15.6. The smallest absolute Gasteiger partial charge is 0.386 e. The van der Waals surface area contributed by atoms with Gasteiger partial charge in [0.05, 0.1) is 25.0 Å². The normalized spacial score (nSPS) is 25.5. The summed E-state index contributed by atoms with van der Waals surface area (Å²) >= 11 is 0. The van der Waals surface area contributed by atoms with Crippen molar-refractivity contribution in [3.05, 3.63) is 60.0 Å². The van der Waals surface area contributed by atoms with Crippen LogP contribution in [-0.4, -0.2) is 79.0 Å². The fourth-order valence-electron chi connectivity index (χ4n) is 7.70. The van der Waals surface area contributed by atoms with E-state index in [1.165, 1.54) is 101 Å². The summed E-state index contributed by atoms with van der Waals surface area (Å²) in [7, 11) is -4.74. The highest BCUT2D eigenvalue weighted by Crippen LogP contribution is 2.63. The minimum absolute atomic E-state index is 0.242. The van der Waals surface area contributed by atoms with Crippen molar-refractivity contribution >= 4 is 19.2 Å². The molecule has 0 bridgehead atoms. The van der Waals surface area contributed by atoms with Crippen LogP contribution in [0.15, 0.2) is 48.8 Å². The van der Waals surface area contributed by atoms with E-state index in [1.807, 2.05) is 37.3 Å². The lowest BCUT2D eigenvalue weighted by atomic mass is 9.91. The SMILES string of the molecule is CCCCCCCCCCCCCCCCCCO[C@@H](C)[C@H](COP(=O)(O)OC1[C@H]2O[C@@](C)(c3ccc4c(N)ncnn34)[C@H](O)[C@@]12O)OCc1ccccc1. The molecule has 1 saturated heterocycles. The Morgan fingerprint density at radius 3 is 2.09 bits per heavy atom. The van der Waals surface area contributed by atoms with Gasteiger partial charge in [-0.15, -0.1) is 0 Å². The number of aliphatic hydroxyl groups is 2. The van der Waals surface area contributed by atoms with Gasteiger partial charge in [-0.2, -0.15) is 5.10 Å². The lowest BCUT2D eigenvalue weighted by Crippen LogP contribution is -2.46. The summed E-state index contributed by atoms with van der Waals surface area (Å²) in [5.41, 5.74) is 4.47. The molecular weight excluding hydrogens is 723 g/mol. The monoisotopic (exact) mass is 788 g/mol. The summed E-state index contributed by atoms with van der Waals surface area (Å²) in [5, 5.41) is 26.9. The van der Waals surface area contributed by atoms with Crippen LogP contribution < -0.4 is 5.73 Å². The van der Waals surface area contributed by atoms with Gasteiger partial charge in [-0.3, -0.25) is 9.05 Å². The first-order valence-corrected chi connectivity index (χ1v) is 22.1. The number of hydrogen-bond donors (Lipinski definition) is 4. The van der Waals surface area contributed by atoms with E-state index in [4.69, 9.17) is 29.0 Å². The molecule has 2 unspecified atom stereocenters. The van der Waals surface area contributed by atoms with Gasteiger partial charge in [-0.1, -0.05) is 134 Å². The van der Waals surface area contributed by atoms with Crippen molar-refractivity contribution in [2.75, 3.05) is 18.9 Å². The molecular formula is C41H65N4O9P. The van der Waals surface area contributed by atoms with Crippen LogP contribution in [0, 0.1) is 0 Å². The van der Waals surface area contributed by atoms with E-state index in [2.05, 4.69) is 17.0 Å². The molecule has 1 saturated carbocycles. The molecule has 14 heteroatoms. The molecule has 2 aliphatic rings. The Hall–Kier alpha value is -2.45. The number of rotatable bonds is 28. The molecule has 3 aromatic rings. The van der Waals surface area contributed by atoms with Gasteiger partial charge in [0.2, 0.25) is 0 Å². The zero-order valence-electron chi connectivity index (χ0n) is 33.1. The molecule has 1 aromatic carbocycles. The highest BCUT2D eigenvalue weighted by molar-refractivity contribution is 7.47. The Morgan fingerprint density at radius 2 is 1.51 bits per heavy atom. The van der Waals surface area contributed by atoms with Crippen LogP contribution in [0.5, 0.6) is 0 Å². The van der Waals surface area contributed by atoms with E-state index >= 15 is 0 Å². The summed E-state index contributed by atoms with van der Waals surface area (Å²) in [6.45, 7) is 6.23. The Morgan fingerprint density at radius 1 is 0.909 bits per heavy atom. The van der Waals surface area contributed by atoms with Gasteiger partial charge < -0.3 is 35.1 Å². The van der Waals surface area contributed by atoms with Crippen molar-refractivity contribution in [3.63, 3.8) is 0 Å². The first kappa shape index (κ1) is 43.7. The number of nitrogen functional groups attached to an aromatic ring is 1. The third-order valence-electron chi connectivity index (χ3n) is 11.3. The standard InChI is InChI=1S/C41H65N4O9P/c1-4-5-6-7-8-9-10-11-12-13-14-15-16-17-18-22-27-50-31(2)34(51-28-32-23-20-19-21-24-32)29-52-55(48,49)54-37-36-41(37,47)39(46)40(3,53-36)35-26-25-33-38(42)43-30-44-45(33)35/h19-21,23-26,30-31,34,36-37,39,46-47H,4-18,22,27-29H2,1-3H3,(H,48,49)(H2,42,43,44)/t31-,34-,36+,37?,39-,40-,41-/m0/s1. The van der Waals surface area contributed by atoms with Crippen molar-refractivity contribution < 1.29 is 42.9 Å². The minimum Gasteiger partial charge on any atom is -0.386 e. The molecule has 5 rings (SSSR count). The molecule has 55 heavy (non-hydrogen) atoms. The lowest BCUT2D eigenvalue weighted by Gasteiger charge is -2.32. The average Bonchev–Trinajstić information content (AvgIpc) is 3.41. The first-order valence-electron chi connectivity index (χ1n) is 20.6. The van der Waals surface area contributed by atoms with E-state index < -0.39 is 49.5 Å². The first-order chi connectivity index (χ1) is 26.5. The second-order valence-corrected chi connectivity index (χ2v) is 17.0. The molecule has 13 nitrogen and oxygen atoms in total.